The molecule has 6 rings (SSSR count). The van der Waals surface area contributed by atoms with Gasteiger partial charge in [0.1, 0.15) is 29.3 Å². The number of carbonyl (C=O) groups excluding carboxylic acids is 3. The van der Waals surface area contributed by atoms with E-state index in [0.717, 1.165) is 23.8 Å². The summed E-state index contributed by atoms with van der Waals surface area (Å²) in [5, 5.41) is 16.7. The quantitative estimate of drug-likeness (QED) is 0.203. The predicted octanol–water partition coefficient (Wildman–Crippen LogP) is 4.03. The molecular formula is C34H31F4N5O6. The van der Waals surface area contributed by atoms with Crippen LogP contribution in [0.2, 0.25) is 0 Å². The van der Waals surface area contributed by atoms with Gasteiger partial charge < -0.3 is 30.9 Å². The fourth-order valence-electron chi connectivity index (χ4n) is 5.65. The third-order valence-electron chi connectivity index (χ3n) is 8.95. The largest absolute Gasteiger partial charge is 0.489 e. The summed E-state index contributed by atoms with van der Waals surface area (Å²) in [6.45, 7) is 3.48. The second kappa shape index (κ2) is 11.8. The molecule has 15 heteroatoms. The van der Waals surface area contributed by atoms with Crippen LogP contribution in [-0.2, 0) is 25.3 Å². The Balaban J connectivity index is 1.39. The number of hydrogen-bond acceptors (Lipinski definition) is 8. The average molecular weight is 682 g/mol. The van der Waals surface area contributed by atoms with Crippen LogP contribution in [-0.4, -0.2) is 65.3 Å². The maximum atomic E-state index is 14.9. The van der Waals surface area contributed by atoms with E-state index in [-0.39, 0.29) is 53.6 Å². The lowest BCUT2D eigenvalue weighted by molar-refractivity contribution is -0.265. The van der Waals surface area contributed by atoms with Crippen molar-refractivity contribution >= 4 is 34.3 Å². The Bertz CT molecular complexity index is 2020. The number of nitrogens with two attached hydrogens (primary N) is 1. The first kappa shape index (κ1) is 33.7. The second-order valence-corrected chi connectivity index (χ2v) is 12.9. The number of ether oxygens (including phenoxy) is 2. The van der Waals surface area contributed by atoms with Crippen LogP contribution in [0.4, 0.5) is 23.2 Å². The monoisotopic (exact) mass is 681 g/mol. The van der Waals surface area contributed by atoms with Crippen molar-refractivity contribution in [3.8, 4) is 17.0 Å². The summed E-state index contributed by atoms with van der Waals surface area (Å²) in [5.41, 5.74) is -0.577. The van der Waals surface area contributed by atoms with Crippen molar-refractivity contribution in [2.45, 2.75) is 38.0 Å². The highest BCUT2D eigenvalue weighted by Gasteiger charge is 2.58. The molecule has 0 saturated carbocycles. The summed E-state index contributed by atoms with van der Waals surface area (Å²) in [4.78, 5) is 47.5. The van der Waals surface area contributed by atoms with Gasteiger partial charge in [0.15, 0.2) is 0 Å². The van der Waals surface area contributed by atoms with E-state index in [2.05, 4.69) is 20.6 Å². The van der Waals surface area contributed by atoms with Crippen molar-refractivity contribution in [1.82, 2.24) is 15.3 Å². The number of aromatic nitrogens is 2. The summed E-state index contributed by atoms with van der Waals surface area (Å²) in [7, 11) is 0. The van der Waals surface area contributed by atoms with Crippen molar-refractivity contribution in [3.05, 3.63) is 82.9 Å². The number of hydrogen-bond donors (Lipinski definition) is 4. The van der Waals surface area contributed by atoms with Gasteiger partial charge in [0, 0.05) is 28.3 Å². The molecule has 0 radical (unpaired) electrons. The van der Waals surface area contributed by atoms with Crippen LogP contribution in [0.3, 0.4) is 0 Å². The Hall–Kier alpha value is -5.15. The molecule has 256 valence electrons. The van der Waals surface area contributed by atoms with Crippen molar-refractivity contribution in [2.24, 2.45) is 11.1 Å². The third kappa shape index (κ3) is 5.82. The molecule has 1 fully saturated rings. The molecule has 0 spiro atoms. The number of aryl methyl sites for hydroxylation is 1. The molecule has 2 aromatic heterocycles. The van der Waals surface area contributed by atoms with Gasteiger partial charge in [-0.15, -0.1) is 0 Å². The molecule has 11 nitrogen and oxygen atoms in total. The lowest BCUT2D eigenvalue weighted by Gasteiger charge is -2.36. The van der Waals surface area contributed by atoms with Gasteiger partial charge in [-0.3, -0.25) is 19.4 Å². The number of pyridine rings is 2. The smallest absolute Gasteiger partial charge is 0.424 e. The molecule has 1 saturated heterocycles. The number of primary amides is 1. The summed E-state index contributed by atoms with van der Waals surface area (Å²) < 4.78 is 69.2. The first-order chi connectivity index (χ1) is 22.9. The number of anilines is 1. The fraction of sp³-hybridized carbons (Fsp3) is 0.324. The van der Waals surface area contributed by atoms with E-state index >= 15 is 0 Å². The van der Waals surface area contributed by atoms with Gasteiger partial charge >= 0.3 is 6.18 Å². The standard InChI is InChI=1S/C34H31F4N5O6/c1-17-8-19-9-20(10-23(25(19)40-12-17)42-30(46)31(2)14-48-15-31)28(44)41-13-33(47,34(36,37)38)24-11-22-27(49-16-32(22,3)29(39)45)26(43-24)18-4-6-21(35)7-5-18/h4-12,47H,13-16H2,1-3H3,(H2,39,45)(H,41,44)(H,42,46)/t32-,33?/m0/s1. The van der Waals surface area contributed by atoms with Crippen LogP contribution in [0.1, 0.15) is 41.0 Å². The minimum Gasteiger partial charge on any atom is -0.489 e. The Morgan fingerprint density at radius 2 is 1.73 bits per heavy atom. The Morgan fingerprint density at radius 1 is 1.04 bits per heavy atom. The zero-order chi connectivity index (χ0) is 35.5. The number of nitrogens with zero attached hydrogens (tertiary/aromatic N) is 2. The Morgan fingerprint density at radius 3 is 2.35 bits per heavy atom. The van der Waals surface area contributed by atoms with Crippen molar-refractivity contribution in [3.63, 3.8) is 0 Å². The summed E-state index contributed by atoms with van der Waals surface area (Å²) in [5.74, 6) is -2.98. The minimum absolute atomic E-state index is 0.0535. The van der Waals surface area contributed by atoms with Crippen molar-refractivity contribution < 1.29 is 46.5 Å². The number of nitrogens with one attached hydrogen (secondary N) is 2. The van der Waals surface area contributed by atoms with Crippen LogP contribution in [0.15, 0.2) is 54.7 Å². The molecule has 2 atom stereocenters. The van der Waals surface area contributed by atoms with E-state index in [1.807, 2.05) is 0 Å². The third-order valence-corrected chi connectivity index (χ3v) is 8.95. The van der Waals surface area contributed by atoms with Crippen LogP contribution < -0.4 is 21.1 Å². The summed E-state index contributed by atoms with van der Waals surface area (Å²) >= 11 is 0. The zero-order valence-corrected chi connectivity index (χ0v) is 26.5. The highest BCUT2D eigenvalue weighted by atomic mass is 19.4. The van der Waals surface area contributed by atoms with E-state index in [0.29, 0.717) is 10.9 Å². The van der Waals surface area contributed by atoms with E-state index in [9.17, 15) is 37.1 Å². The average Bonchev–Trinajstić information content (AvgIpc) is 3.39. The minimum atomic E-state index is -5.41. The molecule has 0 aliphatic carbocycles. The molecule has 4 aromatic rings. The molecule has 49 heavy (non-hydrogen) atoms. The Labute approximate surface area is 276 Å². The number of benzene rings is 2. The van der Waals surface area contributed by atoms with Crippen LogP contribution >= 0.6 is 0 Å². The van der Waals surface area contributed by atoms with Gasteiger partial charge in [-0.05, 0) is 74.9 Å². The molecule has 2 aliphatic rings. The van der Waals surface area contributed by atoms with Crippen LogP contribution in [0.5, 0.6) is 5.75 Å². The van der Waals surface area contributed by atoms with E-state index in [1.165, 1.54) is 31.2 Å². The molecule has 2 aliphatic heterocycles. The number of carbonyl (C=O) groups is 3. The molecule has 0 bridgehead atoms. The number of fused-ring (bicyclic) bond motifs is 2. The fourth-order valence-corrected chi connectivity index (χ4v) is 5.65. The first-order valence-corrected chi connectivity index (χ1v) is 15.1. The lowest BCUT2D eigenvalue weighted by atomic mass is 9.81. The number of aliphatic hydroxyl groups is 1. The Kier molecular flexibility index (Phi) is 8.10. The van der Waals surface area contributed by atoms with Crippen LogP contribution in [0.25, 0.3) is 22.2 Å². The van der Waals surface area contributed by atoms with E-state index in [1.54, 1.807) is 26.1 Å². The van der Waals surface area contributed by atoms with E-state index < -0.39 is 58.4 Å². The highest BCUT2D eigenvalue weighted by Crippen LogP contribution is 2.47. The predicted molar refractivity (Wildman–Crippen MR) is 168 cm³/mol. The zero-order valence-electron chi connectivity index (χ0n) is 26.5. The summed E-state index contributed by atoms with van der Waals surface area (Å²) in [6, 6.07) is 9.88. The molecule has 2 aromatic carbocycles. The summed E-state index contributed by atoms with van der Waals surface area (Å²) in [6.07, 6.45) is -3.85. The highest BCUT2D eigenvalue weighted by molar-refractivity contribution is 6.07. The molecule has 5 N–H and O–H groups in total. The normalized spacial score (nSPS) is 19.3. The van der Waals surface area contributed by atoms with Gasteiger partial charge in [0.05, 0.1) is 42.1 Å². The lowest BCUT2D eigenvalue weighted by Crippen LogP contribution is -2.52. The first-order valence-electron chi connectivity index (χ1n) is 15.1. The molecule has 4 heterocycles. The maximum absolute atomic E-state index is 14.9. The van der Waals surface area contributed by atoms with Crippen molar-refractivity contribution in [2.75, 3.05) is 31.7 Å². The molecule has 3 amide bonds. The van der Waals surface area contributed by atoms with E-state index in [4.69, 9.17) is 15.2 Å². The van der Waals surface area contributed by atoms with Gasteiger partial charge in [0.2, 0.25) is 17.4 Å². The molecular weight excluding hydrogens is 650 g/mol. The number of amides is 3. The van der Waals surface area contributed by atoms with Gasteiger partial charge in [-0.2, -0.15) is 13.2 Å². The maximum Gasteiger partial charge on any atom is 0.424 e. The number of halogens is 4. The number of rotatable bonds is 8. The SMILES string of the molecule is Cc1cnc2c(NC(=O)C3(C)COC3)cc(C(=O)NCC(O)(c3cc4c(c(-c5ccc(F)cc5)n3)OC[C@]4(C)C(N)=O)C(F)(F)F)cc2c1. The topological polar surface area (TPSA) is 166 Å². The van der Waals surface area contributed by atoms with Gasteiger partial charge in [-0.25, -0.2) is 9.37 Å². The van der Waals surface area contributed by atoms with Gasteiger partial charge in [-0.1, -0.05) is 0 Å². The van der Waals surface area contributed by atoms with Crippen LogP contribution in [0, 0.1) is 18.2 Å². The molecule has 1 unspecified atom stereocenters. The van der Waals surface area contributed by atoms with Gasteiger partial charge in [0.25, 0.3) is 5.91 Å². The second-order valence-electron chi connectivity index (χ2n) is 12.9. The van der Waals surface area contributed by atoms with Crippen molar-refractivity contribution in [1.29, 1.82) is 0 Å². The number of alkyl halides is 3.